The Balaban J connectivity index is 2.95. The molecule has 5 nitrogen and oxygen atoms in total. The number of rotatable bonds is 6. The average Bonchev–Trinajstić information content (AvgIpc) is 2.30. The highest BCUT2D eigenvalue weighted by Gasteiger charge is 2.21. The van der Waals surface area contributed by atoms with Crippen molar-refractivity contribution in [3.8, 4) is 0 Å². The highest BCUT2D eigenvalue weighted by atomic mass is 32.2. The smallest absolute Gasteiger partial charge is 0.175 e. The second kappa shape index (κ2) is 6.29. The Morgan fingerprint density at radius 1 is 1.22 bits per heavy atom. The van der Waals surface area contributed by atoms with Crippen LogP contribution >= 0.6 is 0 Å². The predicted molar refractivity (Wildman–Crippen MR) is 67.2 cm³/mol. The van der Waals surface area contributed by atoms with Crippen molar-refractivity contribution in [2.24, 2.45) is 0 Å². The molecule has 0 heterocycles. The molecule has 0 saturated heterocycles. The maximum atomic E-state index is 11.3. The van der Waals surface area contributed by atoms with Gasteiger partial charge in [-0.15, -0.1) is 0 Å². The van der Waals surface area contributed by atoms with E-state index in [2.05, 4.69) is 0 Å². The Bertz CT molecular complexity index is 466. The molecule has 2 atom stereocenters. The number of hydrogen-bond acceptors (Lipinski definition) is 5. The molecule has 1 rings (SSSR count). The third kappa shape index (κ3) is 3.78. The summed E-state index contributed by atoms with van der Waals surface area (Å²) < 4.78 is 32.7. The van der Waals surface area contributed by atoms with Gasteiger partial charge in [0.2, 0.25) is 0 Å². The van der Waals surface area contributed by atoms with E-state index in [4.69, 9.17) is 9.47 Å². The van der Waals surface area contributed by atoms with Crippen LogP contribution in [0.25, 0.3) is 0 Å². The van der Waals surface area contributed by atoms with Crippen LogP contribution in [0.4, 0.5) is 0 Å². The van der Waals surface area contributed by atoms with E-state index >= 15 is 0 Å². The molecule has 6 heteroatoms. The van der Waals surface area contributed by atoms with Crippen LogP contribution in [0.5, 0.6) is 0 Å². The lowest BCUT2D eigenvalue weighted by Crippen LogP contribution is -2.25. The van der Waals surface area contributed by atoms with E-state index in [0.29, 0.717) is 5.56 Å². The van der Waals surface area contributed by atoms with Gasteiger partial charge in [-0.2, -0.15) is 0 Å². The van der Waals surface area contributed by atoms with Gasteiger partial charge in [-0.25, -0.2) is 8.42 Å². The lowest BCUT2D eigenvalue weighted by Gasteiger charge is -2.21. The first-order chi connectivity index (χ1) is 8.40. The molecule has 0 aromatic heterocycles. The van der Waals surface area contributed by atoms with Crippen LogP contribution in [0, 0.1) is 0 Å². The number of benzene rings is 1. The largest absolute Gasteiger partial charge is 0.388 e. The highest BCUT2D eigenvalue weighted by Crippen LogP contribution is 2.22. The first-order valence-corrected chi connectivity index (χ1v) is 7.29. The molecule has 0 bridgehead atoms. The lowest BCUT2D eigenvalue weighted by atomic mass is 10.0. The van der Waals surface area contributed by atoms with Gasteiger partial charge in [0.1, 0.15) is 12.2 Å². The summed E-state index contributed by atoms with van der Waals surface area (Å²) in [4.78, 5) is 0.238. The van der Waals surface area contributed by atoms with Crippen molar-refractivity contribution in [1.82, 2.24) is 0 Å². The molecule has 0 amide bonds. The van der Waals surface area contributed by atoms with E-state index in [-0.39, 0.29) is 11.5 Å². The van der Waals surface area contributed by atoms with E-state index in [9.17, 15) is 13.5 Å². The molecule has 0 saturated carbocycles. The third-order valence-corrected chi connectivity index (χ3v) is 3.71. The van der Waals surface area contributed by atoms with Crippen molar-refractivity contribution in [3.63, 3.8) is 0 Å². The maximum absolute atomic E-state index is 11.3. The number of hydrogen-bond donors (Lipinski definition) is 1. The highest BCUT2D eigenvalue weighted by molar-refractivity contribution is 7.90. The number of aliphatic hydroxyl groups excluding tert-OH is 1. The number of aliphatic hydroxyl groups is 1. The minimum Gasteiger partial charge on any atom is -0.388 e. The van der Waals surface area contributed by atoms with Gasteiger partial charge in [-0.1, -0.05) is 12.1 Å². The van der Waals surface area contributed by atoms with Crippen molar-refractivity contribution in [1.29, 1.82) is 0 Å². The van der Waals surface area contributed by atoms with Crippen molar-refractivity contribution in [2.75, 3.05) is 27.1 Å². The quantitative estimate of drug-likeness (QED) is 0.830. The molecule has 0 spiro atoms. The molecule has 102 valence electrons. The zero-order valence-corrected chi connectivity index (χ0v) is 11.5. The van der Waals surface area contributed by atoms with Crippen molar-refractivity contribution in [2.45, 2.75) is 17.1 Å². The van der Waals surface area contributed by atoms with Crippen LogP contribution in [-0.4, -0.2) is 46.7 Å². The van der Waals surface area contributed by atoms with Gasteiger partial charge in [0.05, 0.1) is 11.5 Å². The van der Waals surface area contributed by atoms with E-state index in [1.807, 2.05) is 0 Å². The minimum atomic E-state index is -3.21. The topological polar surface area (TPSA) is 72.8 Å². The molecule has 18 heavy (non-hydrogen) atoms. The Morgan fingerprint density at radius 2 is 1.78 bits per heavy atom. The third-order valence-electron chi connectivity index (χ3n) is 2.58. The normalized spacial score (nSPS) is 15.3. The minimum absolute atomic E-state index is 0.145. The number of sulfone groups is 1. The van der Waals surface area contributed by atoms with Crippen LogP contribution in [0.3, 0.4) is 0 Å². The molecule has 0 aliphatic rings. The Labute approximate surface area is 107 Å². The lowest BCUT2D eigenvalue weighted by molar-refractivity contribution is -0.0483. The first-order valence-electron chi connectivity index (χ1n) is 5.40. The molecule has 0 radical (unpaired) electrons. The SMILES string of the molecule is COC[C@H](O)[C@H](OC)c1ccc(S(C)(=O)=O)cc1. The molecular formula is C12H18O5S. The summed E-state index contributed by atoms with van der Waals surface area (Å²) in [6.45, 7) is 0.145. The average molecular weight is 274 g/mol. The van der Waals surface area contributed by atoms with E-state index in [1.165, 1.54) is 26.4 Å². The van der Waals surface area contributed by atoms with Gasteiger partial charge >= 0.3 is 0 Å². The van der Waals surface area contributed by atoms with Crippen LogP contribution in [0.15, 0.2) is 29.2 Å². The first kappa shape index (κ1) is 15.1. The van der Waals surface area contributed by atoms with Gasteiger partial charge in [0.25, 0.3) is 0 Å². The fraction of sp³-hybridized carbons (Fsp3) is 0.500. The molecule has 0 aliphatic heterocycles. The Kier molecular flexibility index (Phi) is 5.28. The summed E-state index contributed by atoms with van der Waals surface area (Å²) >= 11 is 0. The van der Waals surface area contributed by atoms with E-state index < -0.39 is 22.0 Å². The van der Waals surface area contributed by atoms with Crippen molar-refractivity contribution >= 4 is 9.84 Å². The molecule has 1 aromatic rings. The summed E-state index contributed by atoms with van der Waals surface area (Å²) in [6, 6.07) is 6.25. The van der Waals surface area contributed by atoms with Crippen LogP contribution in [0.1, 0.15) is 11.7 Å². The van der Waals surface area contributed by atoms with Gasteiger partial charge in [-0.05, 0) is 17.7 Å². The standard InChI is InChI=1S/C12H18O5S/c1-16-8-11(13)12(17-2)9-4-6-10(7-5-9)18(3,14)15/h4-7,11-13H,8H2,1-3H3/t11-,12+/m0/s1. The van der Waals surface area contributed by atoms with Gasteiger partial charge < -0.3 is 14.6 Å². The summed E-state index contributed by atoms with van der Waals surface area (Å²) in [5.41, 5.74) is 0.703. The molecule has 0 unspecified atom stereocenters. The molecule has 0 fully saturated rings. The second-order valence-electron chi connectivity index (χ2n) is 4.02. The number of ether oxygens (including phenoxy) is 2. The van der Waals surface area contributed by atoms with Crippen LogP contribution in [-0.2, 0) is 19.3 Å². The second-order valence-corrected chi connectivity index (χ2v) is 6.04. The van der Waals surface area contributed by atoms with Crippen LogP contribution in [0.2, 0.25) is 0 Å². The molecular weight excluding hydrogens is 256 g/mol. The van der Waals surface area contributed by atoms with Crippen molar-refractivity contribution in [3.05, 3.63) is 29.8 Å². The van der Waals surface area contributed by atoms with Gasteiger partial charge in [-0.3, -0.25) is 0 Å². The van der Waals surface area contributed by atoms with E-state index in [0.717, 1.165) is 6.26 Å². The summed E-state index contributed by atoms with van der Waals surface area (Å²) in [5, 5.41) is 9.82. The zero-order chi connectivity index (χ0) is 13.8. The zero-order valence-electron chi connectivity index (χ0n) is 10.7. The predicted octanol–water partition coefficient (Wildman–Crippen LogP) is 0.785. The molecule has 0 aliphatic carbocycles. The summed E-state index contributed by atoms with van der Waals surface area (Å²) in [6.07, 6.45) is -0.196. The van der Waals surface area contributed by atoms with E-state index in [1.54, 1.807) is 12.1 Å². The fourth-order valence-corrected chi connectivity index (χ4v) is 2.31. The monoisotopic (exact) mass is 274 g/mol. The Morgan fingerprint density at radius 3 is 2.17 bits per heavy atom. The van der Waals surface area contributed by atoms with Crippen LogP contribution < -0.4 is 0 Å². The number of methoxy groups -OCH3 is 2. The van der Waals surface area contributed by atoms with Crippen molar-refractivity contribution < 1.29 is 23.0 Å². The van der Waals surface area contributed by atoms with Gasteiger partial charge in [0.15, 0.2) is 9.84 Å². The summed E-state index contributed by atoms with van der Waals surface area (Å²) in [7, 11) is -0.242. The molecule has 1 N–H and O–H groups in total. The fourth-order valence-electron chi connectivity index (χ4n) is 1.68. The Hall–Kier alpha value is -0.950. The maximum Gasteiger partial charge on any atom is 0.175 e. The summed E-state index contributed by atoms with van der Waals surface area (Å²) in [5.74, 6) is 0. The van der Waals surface area contributed by atoms with Gasteiger partial charge in [0, 0.05) is 20.5 Å². The molecule has 1 aromatic carbocycles.